The van der Waals surface area contributed by atoms with E-state index in [0.717, 1.165) is 12.4 Å². The molecule has 0 atom stereocenters. The van der Waals surface area contributed by atoms with Crippen molar-refractivity contribution in [2.45, 2.75) is 38.4 Å². The largest absolute Gasteiger partial charge is 0.465 e. The highest BCUT2D eigenvalue weighted by Crippen LogP contribution is 2.22. The van der Waals surface area contributed by atoms with Crippen LogP contribution in [0.3, 0.4) is 0 Å². The van der Waals surface area contributed by atoms with Crippen molar-refractivity contribution in [1.82, 2.24) is 14.8 Å². The third-order valence-electron chi connectivity index (χ3n) is 3.52. The first kappa shape index (κ1) is 19.0. The van der Waals surface area contributed by atoms with Crippen LogP contribution in [-0.4, -0.2) is 39.5 Å². The lowest BCUT2D eigenvalue weighted by atomic mass is 10.2. The molecule has 25 heavy (non-hydrogen) atoms. The van der Waals surface area contributed by atoms with Gasteiger partial charge in [0.2, 0.25) is 5.91 Å². The number of carbonyl (C=O) groups excluding carboxylic acids is 2. The van der Waals surface area contributed by atoms with E-state index in [0.29, 0.717) is 16.4 Å². The maximum atomic E-state index is 12.2. The summed E-state index contributed by atoms with van der Waals surface area (Å²) < 4.78 is 6.73. The number of para-hydroxylation sites is 1. The second-order valence-electron chi connectivity index (χ2n) is 5.61. The van der Waals surface area contributed by atoms with Gasteiger partial charge in [-0.2, -0.15) is 0 Å². The Morgan fingerprint density at radius 1 is 1.28 bits per heavy atom. The van der Waals surface area contributed by atoms with Crippen molar-refractivity contribution in [3.05, 3.63) is 35.7 Å². The van der Waals surface area contributed by atoms with Gasteiger partial charge in [0.25, 0.3) is 0 Å². The number of nitrogens with zero attached hydrogens (tertiary/aromatic N) is 3. The summed E-state index contributed by atoms with van der Waals surface area (Å²) in [5.74, 6) is 0.629. The monoisotopic (exact) mass is 362 g/mol. The van der Waals surface area contributed by atoms with Gasteiger partial charge in [0, 0.05) is 12.5 Å². The van der Waals surface area contributed by atoms with Crippen LogP contribution in [0.15, 0.2) is 29.4 Å². The first-order valence-corrected chi connectivity index (χ1v) is 8.99. The summed E-state index contributed by atoms with van der Waals surface area (Å²) in [6.45, 7) is 6.88. The molecule has 134 valence electrons. The molecule has 1 amide bonds. The third-order valence-corrected chi connectivity index (χ3v) is 4.48. The van der Waals surface area contributed by atoms with Gasteiger partial charge in [0.15, 0.2) is 5.16 Å². The van der Waals surface area contributed by atoms with Crippen LogP contribution in [-0.2, 0) is 16.1 Å². The van der Waals surface area contributed by atoms with Gasteiger partial charge in [-0.15, -0.1) is 10.2 Å². The predicted molar refractivity (Wildman–Crippen MR) is 96.9 cm³/mol. The predicted octanol–water partition coefficient (Wildman–Crippen LogP) is 2.94. The van der Waals surface area contributed by atoms with Crippen molar-refractivity contribution in [3.63, 3.8) is 0 Å². The van der Waals surface area contributed by atoms with E-state index in [9.17, 15) is 9.59 Å². The normalized spacial score (nSPS) is 10.8. The first-order chi connectivity index (χ1) is 12.0. The summed E-state index contributed by atoms with van der Waals surface area (Å²) in [4.78, 5) is 24.0. The number of benzene rings is 1. The second kappa shape index (κ2) is 8.66. The molecule has 7 nitrogen and oxygen atoms in total. The second-order valence-corrected chi connectivity index (χ2v) is 6.56. The molecule has 0 aliphatic rings. The number of esters is 1. The molecular formula is C17H22N4O3S. The number of rotatable bonds is 7. The quantitative estimate of drug-likeness (QED) is 0.602. The molecule has 0 bridgehead atoms. The molecule has 0 fully saturated rings. The standard InChI is InChI=1S/C17H22N4O3S/c1-5-21-15(11(2)3)19-20-17(21)25-10-14(22)18-13-9-7-6-8-12(13)16(23)24-4/h6-9,11H,5,10H2,1-4H3,(H,18,22). The Morgan fingerprint density at radius 3 is 2.64 bits per heavy atom. The minimum Gasteiger partial charge on any atom is -0.465 e. The summed E-state index contributed by atoms with van der Waals surface area (Å²) >= 11 is 1.32. The average Bonchev–Trinajstić information content (AvgIpc) is 3.03. The number of anilines is 1. The Bertz CT molecular complexity index is 758. The third kappa shape index (κ3) is 4.60. The zero-order valence-corrected chi connectivity index (χ0v) is 15.6. The Hall–Kier alpha value is -2.35. The van der Waals surface area contributed by atoms with E-state index in [1.54, 1.807) is 24.3 Å². The molecule has 1 heterocycles. The molecule has 0 spiro atoms. The highest BCUT2D eigenvalue weighted by atomic mass is 32.2. The summed E-state index contributed by atoms with van der Waals surface area (Å²) in [6.07, 6.45) is 0. The van der Waals surface area contributed by atoms with Crippen LogP contribution in [0.5, 0.6) is 0 Å². The lowest BCUT2D eigenvalue weighted by molar-refractivity contribution is -0.113. The molecule has 1 aromatic heterocycles. The van der Waals surface area contributed by atoms with Gasteiger partial charge in [0.1, 0.15) is 5.82 Å². The Morgan fingerprint density at radius 2 is 2.00 bits per heavy atom. The summed E-state index contributed by atoms with van der Waals surface area (Å²) in [5.41, 5.74) is 0.752. The minimum atomic E-state index is -0.490. The zero-order chi connectivity index (χ0) is 18.4. The highest BCUT2D eigenvalue weighted by Gasteiger charge is 2.17. The fourth-order valence-corrected chi connectivity index (χ4v) is 3.14. The van der Waals surface area contributed by atoms with Crippen molar-refractivity contribution in [3.8, 4) is 0 Å². The summed E-state index contributed by atoms with van der Waals surface area (Å²) in [5, 5.41) is 11.8. The molecule has 0 radical (unpaired) electrons. The zero-order valence-electron chi connectivity index (χ0n) is 14.8. The van der Waals surface area contributed by atoms with Gasteiger partial charge in [0.05, 0.1) is 24.1 Å². The van der Waals surface area contributed by atoms with E-state index in [1.165, 1.54) is 18.9 Å². The van der Waals surface area contributed by atoms with Crippen molar-refractivity contribution in [1.29, 1.82) is 0 Å². The molecular weight excluding hydrogens is 340 g/mol. The maximum Gasteiger partial charge on any atom is 0.339 e. The summed E-state index contributed by atoms with van der Waals surface area (Å²) in [6, 6.07) is 6.74. The molecule has 8 heteroatoms. The van der Waals surface area contributed by atoms with E-state index in [-0.39, 0.29) is 17.6 Å². The summed E-state index contributed by atoms with van der Waals surface area (Å²) in [7, 11) is 1.31. The van der Waals surface area contributed by atoms with Crippen molar-refractivity contribution in [2.24, 2.45) is 0 Å². The van der Waals surface area contributed by atoms with Gasteiger partial charge in [-0.3, -0.25) is 4.79 Å². The van der Waals surface area contributed by atoms with Crippen LogP contribution in [0.25, 0.3) is 0 Å². The molecule has 0 saturated heterocycles. The number of hydrogen-bond donors (Lipinski definition) is 1. The van der Waals surface area contributed by atoms with Gasteiger partial charge < -0.3 is 14.6 Å². The first-order valence-electron chi connectivity index (χ1n) is 8.01. The highest BCUT2D eigenvalue weighted by molar-refractivity contribution is 7.99. The molecule has 0 aliphatic heterocycles. The Labute approximate surface area is 151 Å². The van der Waals surface area contributed by atoms with Crippen LogP contribution >= 0.6 is 11.8 Å². The van der Waals surface area contributed by atoms with Crippen LogP contribution in [0.4, 0.5) is 5.69 Å². The maximum absolute atomic E-state index is 12.2. The van der Waals surface area contributed by atoms with Crippen molar-refractivity contribution in [2.75, 3.05) is 18.2 Å². The molecule has 0 saturated carbocycles. The number of nitrogens with one attached hydrogen (secondary N) is 1. The minimum absolute atomic E-state index is 0.172. The van der Waals surface area contributed by atoms with Crippen LogP contribution in [0.1, 0.15) is 42.9 Å². The fraction of sp³-hybridized carbons (Fsp3) is 0.412. The van der Waals surface area contributed by atoms with E-state index >= 15 is 0 Å². The Balaban J connectivity index is 2.04. The van der Waals surface area contributed by atoms with Crippen LogP contribution in [0.2, 0.25) is 0 Å². The number of thioether (sulfide) groups is 1. The Kier molecular flexibility index (Phi) is 6.58. The number of amides is 1. The molecule has 1 N–H and O–H groups in total. The molecule has 2 rings (SSSR count). The average molecular weight is 362 g/mol. The molecule has 0 unspecified atom stereocenters. The SMILES string of the molecule is CCn1c(SCC(=O)Nc2ccccc2C(=O)OC)nnc1C(C)C. The number of hydrogen-bond acceptors (Lipinski definition) is 6. The smallest absolute Gasteiger partial charge is 0.339 e. The molecule has 0 aliphatic carbocycles. The topological polar surface area (TPSA) is 86.1 Å². The van der Waals surface area contributed by atoms with E-state index < -0.39 is 5.97 Å². The van der Waals surface area contributed by atoms with E-state index in [1.807, 2.05) is 11.5 Å². The number of carbonyl (C=O) groups is 2. The lowest BCUT2D eigenvalue weighted by Gasteiger charge is -2.10. The van der Waals surface area contributed by atoms with Crippen molar-refractivity contribution < 1.29 is 14.3 Å². The van der Waals surface area contributed by atoms with E-state index in [4.69, 9.17) is 4.74 Å². The number of methoxy groups -OCH3 is 1. The van der Waals surface area contributed by atoms with Gasteiger partial charge in [-0.1, -0.05) is 37.7 Å². The van der Waals surface area contributed by atoms with Crippen LogP contribution in [0, 0.1) is 0 Å². The lowest BCUT2D eigenvalue weighted by Crippen LogP contribution is -2.17. The molecule has 2 aromatic rings. The number of ether oxygens (including phenoxy) is 1. The van der Waals surface area contributed by atoms with Gasteiger partial charge in [-0.05, 0) is 19.1 Å². The van der Waals surface area contributed by atoms with Crippen molar-refractivity contribution >= 4 is 29.3 Å². The van der Waals surface area contributed by atoms with Gasteiger partial charge in [-0.25, -0.2) is 4.79 Å². The van der Waals surface area contributed by atoms with Gasteiger partial charge >= 0.3 is 5.97 Å². The van der Waals surface area contributed by atoms with Crippen LogP contribution < -0.4 is 5.32 Å². The fourth-order valence-electron chi connectivity index (χ4n) is 2.33. The number of aromatic nitrogens is 3. The molecule has 1 aromatic carbocycles. The van der Waals surface area contributed by atoms with E-state index in [2.05, 4.69) is 29.4 Å².